The van der Waals surface area contributed by atoms with E-state index in [1.807, 2.05) is 6.92 Å². The van der Waals surface area contributed by atoms with Crippen LogP contribution < -0.4 is 5.32 Å². The molecule has 2 rings (SSSR count). The van der Waals surface area contributed by atoms with Crippen molar-refractivity contribution < 1.29 is 14.7 Å². The maximum absolute atomic E-state index is 12.3. The van der Waals surface area contributed by atoms with E-state index >= 15 is 0 Å². The molecule has 4 nitrogen and oxygen atoms in total. The number of anilines is 1. The highest BCUT2D eigenvalue weighted by atomic mass is 32.1. The van der Waals surface area contributed by atoms with E-state index in [2.05, 4.69) is 5.32 Å². The van der Waals surface area contributed by atoms with Crippen LogP contribution in [0, 0.1) is 12.8 Å². The van der Waals surface area contributed by atoms with Crippen molar-refractivity contribution >= 4 is 28.2 Å². The van der Waals surface area contributed by atoms with Gasteiger partial charge in [-0.2, -0.15) is 0 Å². The van der Waals surface area contributed by atoms with E-state index in [9.17, 15) is 9.59 Å². The summed E-state index contributed by atoms with van der Waals surface area (Å²) < 4.78 is 0. The van der Waals surface area contributed by atoms with Crippen LogP contribution in [0.3, 0.4) is 0 Å². The smallest absolute Gasteiger partial charge is 0.338 e. The Labute approximate surface area is 123 Å². The molecule has 0 bridgehead atoms. The fraction of sp³-hybridized carbons (Fsp3) is 0.600. The molecule has 0 atom stereocenters. The lowest BCUT2D eigenvalue weighted by Gasteiger charge is -2.18. The van der Waals surface area contributed by atoms with Crippen LogP contribution in [0.1, 0.15) is 60.2 Å². The second kappa shape index (κ2) is 6.88. The van der Waals surface area contributed by atoms with Crippen molar-refractivity contribution in [2.75, 3.05) is 5.32 Å². The second-order valence-corrected chi connectivity index (χ2v) is 6.69. The van der Waals surface area contributed by atoms with E-state index in [4.69, 9.17) is 5.11 Å². The van der Waals surface area contributed by atoms with Crippen molar-refractivity contribution in [3.8, 4) is 0 Å². The molecule has 1 amide bonds. The summed E-state index contributed by atoms with van der Waals surface area (Å²) in [5.41, 5.74) is 0.201. The number of aromatic carboxylic acids is 1. The third-order valence-electron chi connectivity index (χ3n) is 3.80. The predicted octanol–water partition coefficient (Wildman–Crippen LogP) is 4.05. The maximum Gasteiger partial charge on any atom is 0.338 e. The lowest BCUT2D eigenvalue weighted by molar-refractivity contribution is -0.120. The van der Waals surface area contributed by atoms with Crippen LogP contribution in [0.15, 0.2) is 6.07 Å². The van der Waals surface area contributed by atoms with Gasteiger partial charge in [0.1, 0.15) is 5.00 Å². The molecule has 1 saturated carbocycles. The molecule has 1 aliphatic rings. The number of hydrogen-bond donors (Lipinski definition) is 2. The van der Waals surface area contributed by atoms with Crippen LogP contribution in [-0.4, -0.2) is 17.0 Å². The quantitative estimate of drug-likeness (QED) is 0.884. The van der Waals surface area contributed by atoms with Crippen molar-refractivity contribution in [2.24, 2.45) is 5.92 Å². The third-order valence-corrected chi connectivity index (χ3v) is 4.76. The van der Waals surface area contributed by atoms with Gasteiger partial charge in [0, 0.05) is 10.8 Å². The van der Waals surface area contributed by atoms with Gasteiger partial charge in [-0.15, -0.1) is 11.3 Å². The summed E-state index contributed by atoms with van der Waals surface area (Å²) in [6.45, 7) is 1.85. The summed E-state index contributed by atoms with van der Waals surface area (Å²) in [5.74, 6) is -0.974. The second-order valence-electron chi connectivity index (χ2n) is 5.44. The Kier molecular flexibility index (Phi) is 5.17. The number of carbonyl (C=O) groups is 2. The van der Waals surface area contributed by atoms with Crippen LogP contribution >= 0.6 is 11.3 Å². The zero-order valence-electron chi connectivity index (χ0n) is 11.8. The number of nitrogens with one attached hydrogen (secondary N) is 1. The molecule has 1 fully saturated rings. The highest BCUT2D eigenvalue weighted by molar-refractivity contribution is 7.16. The van der Waals surface area contributed by atoms with Gasteiger partial charge in [0.15, 0.2) is 0 Å². The first kappa shape index (κ1) is 15.0. The van der Waals surface area contributed by atoms with Gasteiger partial charge in [0.25, 0.3) is 0 Å². The number of rotatable bonds is 3. The molecule has 0 saturated heterocycles. The molecule has 1 heterocycles. The number of hydrogen-bond acceptors (Lipinski definition) is 3. The van der Waals surface area contributed by atoms with E-state index in [0.29, 0.717) is 5.00 Å². The van der Waals surface area contributed by atoms with Crippen molar-refractivity contribution in [2.45, 2.75) is 51.9 Å². The Morgan fingerprint density at radius 2 is 1.80 bits per heavy atom. The summed E-state index contributed by atoms with van der Waals surface area (Å²) in [6, 6.07) is 1.61. The zero-order chi connectivity index (χ0) is 14.5. The van der Waals surface area contributed by atoms with E-state index in [-0.39, 0.29) is 17.4 Å². The van der Waals surface area contributed by atoms with Gasteiger partial charge in [-0.25, -0.2) is 4.79 Å². The lowest BCUT2D eigenvalue weighted by Crippen LogP contribution is -2.24. The van der Waals surface area contributed by atoms with Crippen molar-refractivity contribution in [3.63, 3.8) is 0 Å². The summed E-state index contributed by atoms with van der Waals surface area (Å²) in [4.78, 5) is 24.4. The van der Waals surface area contributed by atoms with Crippen molar-refractivity contribution in [1.82, 2.24) is 0 Å². The van der Waals surface area contributed by atoms with E-state index < -0.39 is 5.97 Å². The minimum atomic E-state index is -0.984. The normalized spacial score (nSPS) is 17.2. The van der Waals surface area contributed by atoms with Gasteiger partial charge in [0.05, 0.1) is 5.56 Å². The monoisotopic (exact) mass is 295 g/mol. The first-order valence-electron chi connectivity index (χ1n) is 7.22. The van der Waals surface area contributed by atoms with Crippen LogP contribution in [-0.2, 0) is 4.79 Å². The summed E-state index contributed by atoms with van der Waals surface area (Å²) in [6.07, 6.45) is 7.67. The predicted molar refractivity (Wildman–Crippen MR) is 80.5 cm³/mol. The van der Waals surface area contributed by atoms with Crippen molar-refractivity contribution in [1.29, 1.82) is 0 Å². The van der Waals surface area contributed by atoms with Crippen LogP contribution in [0.25, 0.3) is 0 Å². The first-order chi connectivity index (χ1) is 9.58. The molecule has 0 aliphatic heterocycles. The van der Waals surface area contributed by atoms with Gasteiger partial charge in [0.2, 0.25) is 5.91 Å². The Morgan fingerprint density at radius 1 is 1.20 bits per heavy atom. The SMILES string of the molecule is Cc1cc(C(=O)O)c(NC(=O)C2CCCCCCC2)s1. The molecule has 1 aromatic heterocycles. The number of amides is 1. The summed E-state index contributed by atoms with van der Waals surface area (Å²) in [5, 5.41) is 12.4. The topological polar surface area (TPSA) is 66.4 Å². The number of carboxylic acids is 1. The highest BCUT2D eigenvalue weighted by Gasteiger charge is 2.22. The summed E-state index contributed by atoms with van der Waals surface area (Å²) >= 11 is 1.33. The van der Waals surface area contributed by atoms with E-state index in [1.165, 1.54) is 30.6 Å². The Bertz CT molecular complexity index is 487. The fourth-order valence-electron chi connectivity index (χ4n) is 2.70. The van der Waals surface area contributed by atoms with Gasteiger partial charge in [-0.1, -0.05) is 32.1 Å². The standard InChI is InChI=1S/C15H21NO3S/c1-10-9-12(15(18)19)14(20-10)16-13(17)11-7-5-3-2-4-6-8-11/h9,11H,2-8H2,1H3,(H,16,17)(H,18,19). The molecule has 0 spiro atoms. The number of aryl methyl sites for hydroxylation is 1. The maximum atomic E-state index is 12.3. The highest BCUT2D eigenvalue weighted by Crippen LogP contribution is 2.29. The lowest BCUT2D eigenvalue weighted by atomic mass is 9.90. The Hall–Kier alpha value is -1.36. The van der Waals surface area contributed by atoms with Gasteiger partial charge in [-0.05, 0) is 25.8 Å². The molecular weight excluding hydrogens is 274 g/mol. The molecule has 0 unspecified atom stereocenters. The zero-order valence-corrected chi connectivity index (χ0v) is 12.6. The molecule has 2 N–H and O–H groups in total. The minimum absolute atomic E-state index is 0.0174. The molecule has 1 aromatic rings. The third kappa shape index (κ3) is 3.82. The van der Waals surface area contributed by atoms with E-state index in [0.717, 1.165) is 30.6 Å². The molecular formula is C15H21NO3S. The largest absolute Gasteiger partial charge is 0.478 e. The van der Waals surface area contributed by atoms with Crippen LogP contribution in [0.5, 0.6) is 0 Å². The molecule has 5 heteroatoms. The van der Waals surface area contributed by atoms with E-state index in [1.54, 1.807) is 6.07 Å². The van der Waals surface area contributed by atoms with Crippen LogP contribution in [0.4, 0.5) is 5.00 Å². The van der Waals surface area contributed by atoms with Gasteiger partial charge < -0.3 is 10.4 Å². The number of thiophene rings is 1. The first-order valence-corrected chi connectivity index (χ1v) is 8.04. The average molecular weight is 295 g/mol. The molecule has 110 valence electrons. The number of carboxylic acid groups (broad SMARTS) is 1. The molecule has 0 radical (unpaired) electrons. The van der Waals surface area contributed by atoms with Gasteiger partial charge >= 0.3 is 5.97 Å². The minimum Gasteiger partial charge on any atom is -0.478 e. The Morgan fingerprint density at radius 3 is 2.40 bits per heavy atom. The molecule has 1 aliphatic carbocycles. The summed E-state index contributed by atoms with van der Waals surface area (Å²) in [7, 11) is 0. The average Bonchev–Trinajstić information content (AvgIpc) is 2.69. The molecule has 20 heavy (non-hydrogen) atoms. The Balaban J connectivity index is 2.04. The number of carbonyl (C=O) groups excluding carboxylic acids is 1. The van der Waals surface area contributed by atoms with Crippen LogP contribution in [0.2, 0.25) is 0 Å². The fourth-order valence-corrected chi connectivity index (χ4v) is 3.60. The van der Waals surface area contributed by atoms with Gasteiger partial charge in [-0.3, -0.25) is 4.79 Å². The molecule has 0 aromatic carbocycles. The van der Waals surface area contributed by atoms with Crippen molar-refractivity contribution in [3.05, 3.63) is 16.5 Å².